The number of hydrogen-bond acceptors (Lipinski definition) is 2. The molecule has 26 heavy (non-hydrogen) atoms. The van der Waals surface area contributed by atoms with Gasteiger partial charge in [0, 0.05) is 0 Å². The van der Waals surface area contributed by atoms with E-state index in [1.54, 1.807) is 0 Å². The van der Waals surface area contributed by atoms with Crippen LogP contribution in [0.25, 0.3) is 11.1 Å². The third-order valence-corrected chi connectivity index (χ3v) is 4.67. The van der Waals surface area contributed by atoms with Crippen LogP contribution in [-0.2, 0) is 6.42 Å². The van der Waals surface area contributed by atoms with Crippen LogP contribution in [0.2, 0.25) is 0 Å². The molecule has 2 aromatic rings. The van der Waals surface area contributed by atoms with Gasteiger partial charge in [0.25, 0.3) is 0 Å². The zero-order valence-electron chi connectivity index (χ0n) is 16.3. The highest BCUT2D eigenvalue weighted by molar-refractivity contribution is 5.67. The average Bonchev–Trinajstić information content (AvgIpc) is 2.69. The van der Waals surface area contributed by atoms with Crippen LogP contribution in [0.15, 0.2) is 42.5 Å². The Morgan fingerprint density at radius 2 is 1.50 bits per heavy atom. The van der Waals surface area contributed by atoms with Gasteiger partial charge in [-0.2, -0.15) is 5.26 Å². The van der Waals surface area contributed by atoms with Crippen molar-refractivity contribution in [2.75, 3.05) is 6.61 Å². The highest BCUT2D eigenvalue weighted by atomic mass is 16.5. The maximum absolute atomic E-state index is 9.38. The summed E-state index contributed by atoms with van der Waals surface area (Å²) < 4.78 is 5.64. The highest BCUT2D eigenvalue weighted by Gasteiger charge is 2.06. The number of rotatable bonds is 11. The molecule has 0 saturated heterocycles. The molecular weight excluding hydrogens is 318 g/mol. The Bertz CT molecular complexity index is 697. The molecule has 0 N–H and O–H groups in total. The summed E-state index contributed by atoms with van der Waals surface area (Å²) >= 11 is 0. The lowest BCUT2D eigenvalue weighted by atomic mass is 9.99. The van der Waals surface area contributed by atoms with E-state index in [0.29, 0.717) is 17.9 Å². The van der Waals surface area contributed by atoms with Gasteiger partial charge in [0.2, 0.25) is 0 Å². The van der Waals surface area contributed by atoms with Crippen LogP contribution < -0.4 is 4.74 Å². The van der Waals surface area contributed by atoms with Crippen molar-refractivity contribution in [3.05, 3.63) is 53.6 Å². The lowest BCUT2D eigenvalue weighted by Gasteiger charge is -2.09. The van der Waals surface area contributed by atoms with Crippen LogP contribution in [0.4, 0.5) is 0 Å². The summed E-state index contributed by atoms with van der Waals surface area (Å²) in [5, 5.41) is 9.38. The van der Waals surface area contributed by atoms with Crippen LogP contribution in [0.1, 0.15) is 69.9 Å². The maximum atomic E-state index is 9.38. The van der Waals surface area contributed by atoms with Crippen molar-refractivity contribution >= 4 is 0 Å². The van der Waals surface area contributed by atoms with E-state index in [9.17, 15) is 5.26 Å². The normalized spacial score (nSPS) is 10.5. The minimum atomic E-state index is 0.604. The minimum absolute atomic E-state index is 0.604. The van der Waals surface area contributed by atoms with E-state index in [2.05, 4.69) is 44.2 Å². The Kier molecular flexibility index (Phi) is 8.76. The van der Waals surface area contributed by atoms with Crippen molar-refractivity contribution in [1.29, 1.82) is 5.26 Å². The number of hydrogen-bond donors (Lipinski definition) is 0. The summed E-state index contributed by atoms with van der Waals surface area (Å²) in [6, 6.07) is 16.9. The summed E-state index contributed by atoms with van der Waals surface area (Å²) in [6.45, 7) is 4.96. The highest BCUT2D eigenvalue weighted by Crippen LogP contribution is 2.27. The third kappa shape index (κ3) is 6.23. The monoisotopic (exact) mass is 349 g/mol. The van der Waals surface area contributed by atoms with Gasteiger partial charge in [0.05, 0.1) is 12.2 Å². The molecule has 0 atom stereocenters. The Labute approximate surface area is 158 Å². The summed E-state index contributed by atoms with van der Waals surface area (Å²) in [7, 11) is 0. The SMILES string of the molecule is CCCCCCCCc1ccc(-c2ccc(OCCC)c(C#N)c2)cc1. The first-order chi connectivity index (χ1) is 12.8. The molecule has 0 amide bonds. The topological polar surface area (TPSA) is 33.0 Å². The molecule has 2 nitrogen and oxygen atoms in total. The first-order valence-electron chi connectivity index (χ1n) is 10.0. The summed E-state index contributed by atoms with van der Waals surface area (Å²) in [5.74, 6) is 0.679. The quantitative estimate of drug-likeness (QED) is 0.413. The number of nitriles is 1. The number of nitrogens with zero attached hydrogens (tertiary/aromatic N) is 1. The van der Waals surface area contributed by atoms with Crippen molar-refractivity contribution in [2.24, 2.45) is 0 Å². The molecule has 2 heteroatoms. The summed E-state index contributed by atoms with van der Waals surface area (Å²) in [4.78, 5) is 0. The molecule has 0 bridgehead atoms. The molecule has 2 rings (SSSR count). The molecule has 0 spiro atoms. The number of ether oxygens (including phenoxy) is 1. The van der Waals surface area contributed by atoms with E-state index in [4.69, 9.17) is 4.74 Å². The first-order valence-corrected chi connectivity index (χ1v) is 10.0. The summed E-state index contributed by atoms with van der Waals surface area (Å²) in [6.07, 6.45) is 10.1. The van der Waals surface area contributed by atoms with Crippen LogP contribution in [0, 0.1) is 11.3 Å². The molecule has 0 aliphatic heterocycles. The molecule has 2 aromatic carbocycles. The summed E-state index contributed by atoms with van der Waals surface area (Å²) in [5.41, 5.74) is 4.21. The Hall–Kier alpha value is -2.27. The second kappa shape index (κ2) is 11.4. The predicted molar refractivity (Wildman–Crippen MR) is 109 cm³/mol. The van der Waals surface area contributed by atoms with Gasteiger partial charge in [0.15, 0.2) is 0 Å². The molecular formula is C24H31NO. The largest absolute Gasteiger partial charge is 0.492 e. The smallest absolute Gasteiger partial charge is 0.137 e. The van der Waals surface area contributed by atoms with Gasteiger partial charge in [-0.3, -0.25) is 0 Å². The number of aryl methyl sites for hydroxylation is 1. The molecule has 138 valence electrons. The Morgan fingerprint density at radius 3 is 2.19 bits per heavy atom. The van der Waals surface area contributed by atoms with E-state index in [0.717, 1.165) is 24.0 Å². The molecule has 0 aliphatic rings. The fraction of sp³-hybridized carbons (Fsp3) is 0.458. The van der Waals surface area contributed by atoms with Crippen molar-refractivity contribution in [2.45, 2.75) is 65.2 Å². The standard InChI is InChI=1S/C24H31NO/c1-3-5-6-7-8-9-10-20-11-13-21(14-12-20)22-15-16-24(26-17-4-2)23(18-22)19-25/h11-16,18H,3-10,17H2,1-2H3. The van der Waals surface area contributed by atoms with E-state index in [1.807, 2.05) is 18.2 Å². The molecule has 0 unspecified atom stereocenters. The van der Waals surface area contributed by atoms with E-state index in [-0.39, 0.29) is 0 Å². The van der Waals surface area contributed by atoms with Crippen LogP contribution in [-0.4, -0.2) is 6.61 Å². The van der Waals surface area contributed by atoms with Gasteiger partial charge in [-0.25, -0.2) is 0 Å². The van der Waals surface area contributed by atoms with Crippen LogP contribution in [0.3, 0.4) is 0 Å². The number of unbranched alkanes of at least 4 members (excludes halogenated alkanes) is 5. The van der Waals surface area contributed by atoms with Crippen molar-refractivity contribution in [3.63, 3.8) is 0 Å². The second-order valence-corrected chi connectivity index (χ2v) is 6.89. The van der Waals surface area contributed by atoms with E-state index < -0.39 is 0 Å². The van der Waals surface area contributed by atoms with Gasteiger partial charge in [-0.1, -0.05) is 76.3 Å². The molecule has 0 saturated carbocycles. The Morgan fingerprint density at radius 1 is 0.808 bits per heavy atom. The van der Waals surface area contributed by atoms with Gasteiger partial charge in [-0.05, 0) is 48.1 Å². The lowest BCUT2D eigenvalue weighted by molar-refractivity contribution is 0.316. The van der Waals surface area contributed by atoms with Crippen molar-refractivity contribution < 1.29 is 4.74 Å². The predicted octanol–water partition coefficient (Wildman–Crippen LogP) is 6.92. The van der Waals surface area contributed by atoms with Gasteiger partial charge >= 0.3 is 0 Å². The van der Waals surface area contributed by atoms with Crippen molar-refractivity contribution in [1.82, 2.24) is 0 Å². The molecule has 0 radical (unpaired) electrons. The zero-order chi connectivity index (χ0) is 18.6. The minimum Gasteiger partial charge on any atom is -0.492 e. The first kappa shape index (κ1) is 20.0. The van der Waals surface area contributed by atoms with Gasteiger partial charge in [0.1, 0.15) is 11.8 Å². The molecule has 0 aromatic heterocycles. The van der Waals surface area contributed by atoms with E-state index in [1.165, 1.54) is 44.1 Å². The molecule has 0 aliphatic carbocycles. The third-order valence-electron chi connectivity index (χ3n) is 4.67. The Balaban J connectivity index is 1.94. The van der Waals surface area contributed by atoms with Gasteiger partial charge in [-0.15, -0.1) is 0 Å². The second-order valence-electron chi connectivity index (χ2n) is 6.89. The van der Waals surface area contributed by atoms with Gasteiger partial charge < -0.3 is 4.74 Å². The zero-order valence-corrected chi connectivity index (χ0v) is 16.3. The number of benzene rings is 2. The molecule has 0 fully saturated rings. The fourth-order valence-electron chi connectivity index (χ4n) is 3.11. The van der Waals surface area contributed by atoms with Crippen LogP contribution >= 0.6 is 0 Å². The maximum Gasteiger partial charge on any atom is 0.137 e. The fourth-order valence-corrected chi connectivity index (χ4v) is 3.11. The lowest BCUT2D eigenvalue weighted by Crippen LogP contribution is -1.97. The van der Waals surface area contributed by atoms with Crippen molar-refractivity contribution in [3.8, 4) is 22.9 Å². The van der Waals surface area contributed by atoms with Crippen LogP contribution in [0.5, 0.6) is 5.75 Å². The average molecular weight is 350 g/mol. The molecule has 0 heterocycles. The van der Waals surface area contributed by atoms with E-state index >= 15 is 0 Å².